The number of para-hydroxylation sites is 2. The Hall–Kier alpha value is -6.85. The summed E-state index contributed by atoms with van der Waals surface area (Å²) in [6.07, 6.45) is 0. The normalized spacial score (nSPS) is 13.2. The van der Waals surface area contributed by atoms with Gasteiger partial charge in [-0.25, -0.2) is 15.0 Å². The van der Waals surface area contributed by atoms with Crippen LogP contribution in [0.1, 0.15) is 25.0 Å². The van der Waals surface area contributed by atoms with Gasteiger partial charge in [0.05, 0.1) is 5.56 Å². The Kier molecular flexibility index (Phi) is 6.23. The molecule has 3 heterocycles. The Morgan fingerprint density at radius 1 is 0.377 bits per heavy atom. The summed E-state index contributed by atoms with van der Waals surface area (Å²) in [6.45, 7) is 4.58. The number of aromatic nitrogens is 3. The number of hydrogen-bond acceptors (Lipinski definition) is 5. The van der Waals surface area contributed by atoms with Gasteiger partial charge in [0.1, 0.15) is 22.3 Å². The van der Waals surface area contributed by atoms with Gasteiger partial charge in [-0.05, 0) is 75.8 Å². The fourth-order valence-electron chi connectivity index (χ4n) is 8.25. The van der Waals surface area contributed by atoms with Gasteiger partial charge >= 0.3 is 0 Å². The summed E-state index contributed by atoms with van der Waals surface area (Å²) in [6, 6.07) is 52.6. The average molecular weight is 682 g/mol. The number of benzene rings is 7. The first-order chi connectivity index (χ1) is 26.0. The highest BCUT2D eigenvalue weighted by Crippen LogP contribution is 2.49. The van der Waals surface area contributed by atoms with E-state index in [9.17, 15) is 0 Å². The van der Waals surface area contributed by atoms with Crippen molar-refractivity contribution in [3.8, 4) is 56.4 Å². The van der Waals surface area contributed by atoms with Crippen LogP contribution in [0.4, 0.5) is 0 Å². The molecule has 0 N–H and O–H groups in total. The van der Waals surface area contributed by atoms with Crippen molar-refractivity contribution in [2.75, 3.05) is 0 Å². The Labute approximate surface area is 305 Å². The van der Waals surface area contributed by atoms with Gasteiger partial charge in [0, 0.05) is 38.1 Å². The van der Waals surface area contributed by atoms with E-state index < -0.39 is 0 Å². The third-order valence-corrected chi connectivity index (χ3v) is 11.0. The Morgan fingerprint density at radius 3 is 1.91 bits per heavy atom. The molecule has 1 aliphatic rings. The lowest BCUT2D eigenvalue weighted by Crippen LogP contribution is -2.15. The fraction of sp³-hybridized carbons (Fsp3) is 0.0625. The molecule has 5 nitrogen and oxygen atoms in total. The van der Waals surface area contributed by atoms with Crippen molar-refractivity contribution in [3.63, 3.8) is 0 Å². The minimum atomic E-state index is -0.160. The SMILES string of the molecule is CC1(C)c2ccccc2-c2ccc(-c3nc(-c4ccc5c(c4)oc4ccc(-c6ccccc6)cc45)nc(-c4cccc5c4oc4ccccc45)n3)cc21. The summed E-state index contributed by atoms with van der Waals surface area (Å²) in [5.41, 5.74) is 13.1. The fourth-order valence-corrected chi connectivity index (χ4v) is 8.25. The van der Waals surface area contributed by atoms with Crippen LogP contribution in [0.15, 0.2) is 160 Å². The van der Waals surface area contributed by atoms with E-state index in [4.69, 9.17) is 23.8 Å². The highest BCUT2D eigenvalue weighted by atomic mass is 16.3. The van der Waals surface area contributed by atoms with Crippen LogP contribution >= 0.6 is 0 Å². The quantitative estimate of drug-likeness (QED) is 0.185. The first-order valence-corrected chi connectivity index (χ1v) is 17.9. The summed E-state index contributed by atoms with van der Waals surface area (Å²) in [5.74, 6) is 1.72. The third kappa shape index (κ3) is 4.54. The second-order valence-electron chi connectivity index (χ2n) is 14.4. The molecule has 0 saturated heterocycles. The van der Waals surface area contributed by atoms with Crippen molar-refractivity contribution < 1.29 is 8.83 Å². The first-order valence-electron chi connectivity index (χ1n) is 17.9. The van der Waals surface area contributed by atoms with E-state index in [0.717, 1.165) is 66.1 Å². The van der Waals surface area contributed by atoms with Crippen molar-refractivity contribution in [1.29, 1.82) is 0 Å². The van der Waals surface area contributed by atoms with Crippen molar-refractivity contribution in [1.82, 2.24) is 15.0 Å². The Morgan fingerprint density at radius 2 is 1.02 bits per heavy atom. The monoisotopic (exact) mass is 681 g/mol. The lowest BCUT2D eigenvalue weighted by Gasteiger charge is -2.21. The summed E-state index contributed by atoms with van der Waals surface area (Å²) >= 11 is 0. The molecule has 0 radical (unpaired) electrons. The number of hydrogen-bond donors (Lipinski definition) is 0. The van der Waals surface area contributed by atoms with Crippen LogP contribution in [0, 0.1) is 0 Å². The maximum atomic E-state index is 6.47. The van der Waals surface area contributed by atoms with Gasteiger partial charge < -0.3 is 8.83 Å². The molecule has 11 rings (SSSR count). The standard InChI is InChI=1S/C48H31N3O2/c1-48(2)39-17-8-6-13-32(39)33-22-19-30(26-40(33)48)45-49-46(51-47(50-45)37-16-10-15-36-34-14-7-9-18-41(34)53-44(36)37)31-20-23-35-38-25-29(28-11-4-3-5-12-28)21-24-42(38)52-43(35)27-31/h3-27H,1-2H3. The second kappa shape index (κ2) is 11.1. The van der Waals surface area contributed by atoms with Gasteiger partial charge in [-0.15, -0.1) is 0 Å². The lowest BCUT2D eigenvalue weighted by molar-refractivity contribution is 0.660. The average Bonchev–Trinajstić information content (AvgIpc) is 3.85. The van der Waals surface area contributed by atoms with Crippen LogP contribution in [0.5, 0.6) is 0 Å². The van der Waals surface area contributed by atoms with Crippen molar-refractivity contribution in [2.24, 2.45) is 0 Å². The van der Waals surface area contributed by atoms with Crippen LogP contribution in [-0.4, -0.2) is 15.0 Å². The third-order valence-electron chi connectivity index (χ3n) is 11.0. The molecular formula is C48H31N3O2. The van der Waals surface area contributed by atoms with E-state index in [2.05, 4.69) is 123 Å². The van der Waals surface area contributed by atoms with Gasteiger partial charge in [0.15, 0.2) is 17.5 Å². The molecule has 0 unspecified atom stereocenters. The minimum Gasteiger partial charge on any atom is -0.456 e. The Bertz CT molecular complexity index is 3100. The zero-order valence-corrected chi connectivity index (χ0v) is 29.1. The highest BCUT2D eigenvalue weighted by Gasteiger charge is 2.35. The Balaban J connectivity index is 1.10. The topological polar surface area (TPSA) is 65.0 Å². The van der Waals surface area contributed by atoms with E-state index in [1.807, 2.05) is 42.5 Å². The maximum Gasteiger partial charge on any atom is 0.167 e. The molecule has 1 aliphatic carbocycles. The molecule has 0 bridgehead atoms. The number of fused-ring (bicyclic) bond motifs is 9. The molecule has 0 aliphatic heterocycles. The zero-order valence-electron chi connectivity index (χ0n) is 29.1. The molecule has 3 aromatic heterocycles. The van der Waals surface area contributed by atoms with Crippen LogP contribution in [0.3, 0.4) is 0 Å². The van der Waals surface area contributed by atoms with Crippen LogP contribution in [-0.2, 0) is 5.41 Å². The molecule has 0 atom stereocenters. The van der Waals surface area contributed by atoms with E-state index in [-0.39, 0.29) is 5.41 Å². The van der Waals surface area contributed by atoms with Crippen molar-refractivity contribution in [2.45, 2.75) is 19.3 Å². The molecular weight excluding hydrogens is 651 g/mol. The van der Waals surface area contributed by atoms with Crippen LogP contribution in [0.25, 0.3) is 100 Å². The van der Waals surface area contributed by atoms with Crippen molar-refractivity contribution in [3.05, 3.63) is 163 Å². The lowest BCUT2D eigenvalue weighted by atomic mass is 9.82. The molecule has 0 spiro atoms. The summed E-state index contributed by atoms with van der Waals surface area (Å²) < 4.78 is 12.9. The summed E-state index contributed by atoms with van der Waals surface area (Å²) in [4.78, 5) is 15.5. The highest BCUT2D eigenvalue weighted by molar-refractivity contribution is 6.09. The van der Waals surface area contributed by atoms with Gasteiger partial charge in [-0.2, -0.15) is 0 Å². The second-order valence-corrected chi connectivity index (χ2v) is 14.4. The number of furan rings is 2. The van der Waals surface area contributed by atoms with Gasteiger partial charge in [-0.3, -0.25) is 0 Å². The number of nitrogens with zero attached hydrogens (tertiary/aromatic N) is 3. The number of rotatable bonds is 4. The van der Waals surface area contributed by atoms with Gasteiger partial charge in [-0.1, -0.05) is 123 Å². The zero-order chi connectivity index (χ0) is 35.3. The molecule has 5 heteroatoms. The maximum absolute atomic E-state index is 6.47. The molecule has 0 fully saturated rings. The molecule has 53 heavy (non-hydrogen) atoms. The van der Waals surface area contributed by atoms with Crippen LogP contribution < -0.4 is 0 Å². The summed E-state index contributed by atoms with van der Waals surface area (Å²) in [5, 5.41) is 4.20. The molecule has 10 aromatic rings. The first kappa shape index (κ1) is 29.8. The predicted molar refractivity (Wildman–Crippen MR) is 214 cm³/mol. The summed E-state index contributed by atoms with van der Waals surface area (Å²) in [7, 11) is 0. The van der Waals surface area contributed by atoms with E-state index in [0.29, 0.717) is 17.5 Å². The van der Waals surface area contributed by atoms with Crippen LogP contribution in [0.2, 0.25) is 0 Å². The van der Waals surface area contributed by atoms with E-state index in [1.54, 1.807) is 0 Å². The van der Waals surface area contributed by atoms with Crippen molar-refractivity contribution >= 4 is 43.9 Å². The molecule has 0 amide bonds. The smallest absolute Gasteiger partial charge is 0.167 e. The van der Waals surface area contributed by atoms with Gasteiger partial charge in [0.2, 0.25) is 0 Å². The minimum absolute atomic E-state index is 0.160. The predicted octanol–water partition coefficient (Wildman–Crippen LogP) is 12.6. The van der Waals surface area contributed by atoms with E-state index >= 15 is 0 Å². The molecule has 0 saturated carbocycles. The van der Waals surface area contributed by atoms with E-state index in [1.165, 1.54) is 27.8 Å². The van der Waals surface area contributed by atoms with Gasteiger partial charge in [0.25, 0.3) is 0 Å². The molecule has 7 aromatic carbocycles. The molecule has 250 valence electrons. The largest absolute Gasteiger partial charge is 0.456 e.